The normalized spacial score (nSPS) is 17.6. The smallest absolute Gasteiger partial charge is 0.147 e. The van der Waals surface area contributed by atoms with E-state index in [1.54, 1.807) is 12.3 Å². The molecule has 1 saturated heterocycles. The summed E-state index contributed by atoms with van der Waals surface area (Å²) in [6.45, 7) is 7.70. The predicted molar refractivity (Wildman–Crippen MR) is 80.1 cm³/mol. The van der Waals surface area contributed by atoms with Gasteiger partial charge < -0.3 is 15.1 Å². The molecule has 5 nitrogen and oxygen atoms in total. The first-order valence-electron chi connectivity index (χ1n) is 6.84. The van der Waals surface area contributed by atoms with E-state index in [9.17, 15) is 5.11 Å². The highest BCUT2D eigenvalue weighted by molar-refractivity contribution is 6.33. The lowest BCUT2D eigenvalue weighted by Crippen LogP contribution is -2.50. The van der Waals surface area contributed by atoms with Gasteiger partial charge in [-0.1, -0.05) is 11.6 Å². The molecule has 0 aliphatic carbocycles. The molecule has 0 amide bonds. The number of piperazine rings is 1. The number of aliphatic hydroxyl groups is 2. The van der Waals surface area contributed by atoms with Gasteiger partial charge in [-0.3, -0.25) is 4.90 Å². The molecule has 2 heterocycles. The molecule has 1 fully saturated rings. The Morgan fingerprint density at radius 3 is 2.45 bits per heavy atom. The predicted octanol–water partition coefficient (Wildman–Crippen LogP) is 1.12. The first kappa shape index (κ1) is 15.5. The minimum atomic E-state index is -0.666. The van der Waals surface area contributed by atoms with Gasteiger partial charge >= 0.3 is 0 Å². The summed E-state index contributed by atoms with van der Waals surface area (Å²) in [5.41, 5.74) is 0.0558. The molecular weight excluding hydrogens is 278 g/mol. The van der Waals surface area contributed by atoms with Crippen LogP contribution in [0.3, 0.4) is 0 Å². The van der Waals surface area contributed by atoms with Crippen LogP contribution in [0.1, 0.15) is 19.4 Å². The molecule has 1 aromatic rings. The monoisotopic (exact) mass is 299 g/mol. The van der Waals surface area contributed by atoms with Crippen LogP contribution in [-0.4, -0.2) is 58.4 Å². The number of halogens is 1. The summed E-state index contributed by atoms with van der Waals surface area (Å²) in [5.74, 6) is 0.770. The molecule has 112 valence electrons. The molecule has 6 heteroatoms. The molecule has 1 aromatic heterocycles. The Morgan fingerprint density at radius 1 is 1.30 bits per heavy atom. The molecular formula is C14H22ClN3O2. The summed E-state index contributed by atoms with van der Waals surface area (Å²) in [6.07, 6.45) is 1.66. The van der Waals surface area contributed by atoms with Crippen molar-refractivity contribution in [1.29, 1.82) is 0 Å². The highest BCUT2D eigenvalue weighted by Crippen LogP contribution is 2.25. The zero-order chi connectivity index (χ0) is 14.8. The minimum absolute atomic E-state index is 0.0492. The van der Waals surface area contributed by atoms with Crippen LogP contribution in [0.25, 0.3) is 0 Å². The second kappa shape index (κ2) is 6.26. The number of aromatic nitrogens is 1. The molecule has 0 atom stereocenters. The number of anilines is 1. The van der Waals surface area contributed by atoms with Crippen LogP contribution in [0.2, 0.25) is 5.02 Å². The van der Waals surface area contributed by atoms with Crippen molar-refractivity contribution in [3.8, 4) is 0 Å². The van der Waals surface area contributed by atoms with Crippen LogP contribution < -0.4 is 4.90 Å². The lowest BCUT2D eigenvalue weighted by atomic mass is 10.1. The minimum Gasteiger partial charge on any atom is -0.392 e. The van der Waals surface area contributed by atoms with Gasteiger partial charge in [0.15, 0.2) is 0 Å². The van der Waals surface area contributed by atoms with Gasteiger partial charge in [0.25, 0.3) is 0 Å². The Balaban J connectivity index is 1.97. The van der Waals surface area contributed by atoms with Crippen molar-refractivity contribution in [3.05, 3.63) is 22.8 Å². The SMILES string of the molecule is CC(C)(O)CN1CCN(c2ncc(CO)cc2Cl)CC1. The summed E-state index contributed by atoms with van der Waals surface area (Å²) in [5, 5.41) is 19.5. The topological polar surface area (TPSA) is 59.8 Å². The van der Waals surface area contributed by atoms with Crippen LogP contribution in [0.15, 0.2) is 12.3 Å². The lowest BCUT2D eigenvalue weighted by Gasteiger charge is -2.38. The Labute approximate surface area is 124 Å². The standard InChI is InChI=1S/C14H22ClN3O2/c1-14(2,20)10-17-3-5-18(6-4-17)13-12(15)7-11(9-19)8-16-13/h7-8,19-20H,3-6,9-10H2,1-2H3. The molecule has 0 unspecified atom stereocenters. The first-order valence-corrected chi connectivity index (χ1v) is 7.22. The maximum absolute atomic E-state index is 9.84. The van der Waals surface area contributed by atoms with Gasteiger partial charge in [-0.05, 0) is 25.5 Å². The van der Waals surface area contributed by atoms with E-state index >= 15 is 0 Å². The van der Waals surface area contributed by atoms with E-state index in [0.717, 1.165) is 37.6 Å². The third kappa shape index (κ3) is 4.06. The van der Waals surface area contributed by atoms with Gasteiger partial charge in [-0.15, -0.1) is 0 Å². The van der Waals surface area contributed by atoms with Gasteiger partial charge in [-0.25, -0.2) is 4.98 Å². The van der Waals surface area contributed by atoms with E-state index < -0.39 is 5.60 Å². The van der Waals surface area contributed by atoms with E-state index in [1.807, 2.05) is 13.8 Å². The molecule has 1 aliphatic heterocycles. The molecule has 2 rings (SSSR count). The average Bonchev–Trinajstić information content (AvgIpc) is 2.38. The quantitative estimate of drug-likeness (QED) is 0.872. The van der Waals surface area contributed by atoms with Crippen molar-refractivity contribution >= 4 is 17.4 Å². The molecule has 0 aromatic carbocycles. The average molecular weight is 300 g/mol. The van der Waals surface area contributed by atoms with Crippen LogP contribution >= 0.6 is 11.6 Å². The Morgan fingerprint density at radius 2 is 1.95 bits per heavy atom. The van der Waals surface area contributed by atoms with Crippen molar-refractivity contribution in [2.24, 2.45) is 0 Å². The Bertz CT molecular complexity index is 454. The number of pyridine rings is 1. The molecule has 0 bridgehead atoms. The summed E-state index contributed by atoms with van der Waals surface area (Å²) in [4.78, 5) is 8.72. The summed E-state index contributed by atoms with van der Waals surface area (Å²) in [6, 6.07) is 1.76. The van der Waals surface area contributed by atoms with Crippen molar-refractivity contribution in [1.82, 2.24) is 9.88 Å². The van der Waals surface area contributed by atoms with Crippen LogP contribution in [0.4, 0.5) is 5.82 Å². The fraction of sp³-hybridized carbons (Fsp3) is 0.643. The zero-order valence-corrected chi connectivity index (χ0v) is 12.8. The van der Waals surface area contributed by atoms with E-state index in [2.05, 4.69) is 14.8 Å². The summed E-state index contributed by atoms with van der Waals surface area (Å²) < 4.78 is 0. The van der Waals surface area contributed by atoms with Gasteiger partial charge in [0.2, 0.25) is 0 Å². The first-order chi connectivity index (χ1) is 9.39. The number of rotatable bonds is 4. The second-order valence-electron chi connectivity index (χ2n) is 5.88. The van der Waals surface area contributed by atoms with Crippen LogP contribution in [-0.2, 0) is 6.61 Å². The third-order valence-corrected chi connectivity index (χ3v) is 3.62. The Hall–Kier alpha value is -0.880. The van der Waals surface area contributed by atoms with E-state index in [0.29, 0.717) is 11.6 Å². The van der Waals surface area contributed by atoms with Crippen molar-refractivity contribution in [2.75, 3.05) is 37.6 Å². The van der Waals surface area contributed by atoms with Crippen LogP contribution in [0.5, 0.6) is 0 Å². The lowest BCUT2D eigenvalue weighted by molar-refractivity contribution is 0.0344. The maximum atomic E-state index is 9.84. The number of β-amino-alcohol motifs (C(OH)–C–C–N with tert-alkyl or cyclic N) is 1. The molecule has 2 N–H and O–H groups in total. The largest absolute Gasteiger partial charge is 0.392 e. The number of aliphatic hydroxyl groups excluding tert-OH is 1. The number of nitrogens with zero attached hydrogens (tertiary/aromatic N) is 3. The van der Waals surface area contributed by atoms with Crippen molar-refractivity contribution in [3.63, 3.8) is 0 Å². The van der Waals surface area contributed by atoms with E-state index in [-0.39, 0.29) is 6.61 Å². The number of hydrogen-bond acceptors (Lipinski definition) is 5. The van der Waals surface area contributed by atoms with Gasteiger partial charge in [0.05, 0.1) is 17.2 Å². The molecule has 1 aliphatic rings. The van der Waals surface area contributed by atoms with E-state index in [4.69, 9.17) is 16.7 Å². The maximum Gasteiger partial charge on any atom is 0.147 e. The second-order valence-corrected chi connectivity index (χ2v) is 6.29. The summed E-state index contributed by atoms with van der Waals surface area (Å²) in [7, 11) is 0. The van der Waals surface area contributed by atoms with Crippen molar-refractivity contribution < 1.29 is 10.2 Å². The van der Waals surface area contributed by atoms with Gasteiger partial charge in [0.1, 0.15) is 5.82 Å². The zero-order valence-electron chi connectivity index (χ0n) is 12.0. The van der Waals surface area contributed by atoms with Gasteiger partial charge in [0, 0.05) is 38.9 Å². The Kier molecular flexibility index (Phi) is 4.86. The molecule has 20 heavy (non-hydrogen) atoms. The molecule has 0 radical (unpaired) electrons. The summed E-state index contributed by atoms with van der Waals surface area (Å²) >= 11 is 6.22. The molecule has 0 spiro atoms. The van der Waals surface area contributed by atoms with Crippen LogP contribution in [0, 0.1) is 0 Å². The molecule has 0 saturated carbocycles. The van der Waals surface area contributed by atoms with Crippen molar-refractivity contribution in [2.45, 2.75) is 26.1 Å². The number of hydrogen-bond donors (Lipinski definition) is 2. The highest BCUT2D eigenvalue weighted by Gasteiger charge is 2.24. The highest BCUT2D eigenvalue weighted by atomic mass is 35.5. The van der Waals surface area contributed by atoms with E-state index in [1.165, 1.54) is 0 Å². The fourth-order valence-electron chi connectivity index (χ4n) is 2.45. The third-order valence-electron chi connectivity index (χ3n) is 3.34. The fourth-order valence-corrected chi connectivity index (χ4v) is 2.76. The van der Waals surface area contributed by atoms with Gasteiger partial charge in [-0.2, -0.15) is 0 Å².